The summed E-state index contributed by atoms with van der Waals surface area (Å²) in [4.78, 5) is 13.1. The minimum atomic E-state index is -0.921. The van der Waals surface area contributed by atoms with E-state index in [0.29, 0.717) is 18.7 Å². The molecule has 0 radical (unpaired) electrons. The van der Waals surface area contributed by atoms with Gasteiger partial charge in [0.15, 0.2) is 0 Å². The topological polar surface area (TPSA) is 40.5 Å². The highest BCUT2D eigenvalue weighted by Crippen LogP contribution is 2.13. The lowest BCUT2D eigenvalue weighted by atomic mass is 10.1. The highest BCUT2D eigenvalue weighted by molar-refractivity contribution is 5.89. The number of rotatable bonds is 5. The maximum Gasteiger partial charge on any atom is 0.336 e. The first-order chi connectivity index (χ1) is 9.56. The van der Waals surface area contributed by atoms with Gasteiger partial charge >= 0.3 is 5.97 Å². The van der Waals surface area contributed by atoms with Crippen molar-refractivity contribution in [2.24, 2.45) is 0 Å². The van der Waals surface area contributed by atoms with Crippen molar-refractivity contribution in [1.82, 2.24) is 4.90 Å². The molecule has 4 heteroatoms. The van der Waals surface area contributed by atoms with E-state index in [2.05, 4.69) is 0 Å². The summed E-state index contributed by atoms with van der Waals surface area (Å²) in [6.45, 7) is 1.16. The van der Waals surface area contributed by atoms with Crippen LogP contribution in [0.4, 0.5) is 4.39 Å². The van der Waals surface area contributed by atoms with E-state index < -0.39 is 5.97 Å². The van der Waals surface area contributed by atoms with Crippen LogP contribution in [0.15, 0.2) is 48.5 Å². The van der Waals surface area contributed by atoms with E-state index in [1.807, 2.05) is 24.1 Å². The molecule has 2 aromatic carbocycles. The maximum atomic E-state index is 12.8. The van der Waals surface area contributed by atoms with Crippen LogP contribution in [0, 0.1) is 5.82 Å². The molecule has 0 fully saturated rings. The van der Waals surface area contributed by atoms with E-state index in [9.17, 15) is 9.18 Å². The zero-order chi connectivity index (χ0) is 14.5. The van der Waals surface area contributed by atoms with Crippen molar-refractivity contribution >= 4 is 5.97 Å². The molecule has 3 nitrogen and oxygen atoms in total. The van der Waals surface area contributed by atoms with Gasteiger partial charge in [-0.25, -0.2) is 9.18 Å². The number of aromatic carboxylic acids is 1. The Balaban J connectivity index is 2.06. The fraction of sp³-hybridized carbons (Fsp3) is 0.188. The molecule has 1 N–H and O–H groups in total. The summed E-state index contributed by atoms with van der Waals surface area (Å²) in [5, 5.41) is 9.14. The molecule has 0 atom stereocenters. The molecule has 2 aromatic rings. The van der Waals surface area contributed by atoms with Gasteiger partial charge in [-0.3, -0.25) is 4.90 Å². The molecular formula is C16H16FNO2. The van der Waals surface area contributed by atoms with Crippen LogP contribution >= 0.6 is 0 Å². The van der Waals surface area contributed by atoms with Gasteiger partial charge in [-0.15, -0.1) is 0 Å². The van der Waals surface area contributed by atoms with Crippen LogP contribution in [0.1, 0.15) is 21.5 Å². The number of carboxylic acids is 1. The molecule has 0 bridgehead atoms. The zero-order valence-electron chi connectivity index (χ0n) is 11.2. The van der Waals surface area contributed by atoms with Crippen molar-refractivity contribution < 1.29 is 14.3 Å². The number of halogens is 1. The second-order valence-corrected chi connectivity index (χ2v) is 4.76. The predicted octanol–water partition coefficient (Wildman–Crippen LogP) is 3.16. The number of hydrogen-bond donors (Lipinski definition) is 1. The van der Waals surface area contributed by atoms with Gasteiger partial charge in [0.2, 0.25) is 0 Å². The van der Waals surface area contributed by atoms with Crippen LogP contribution in [-0.4, -0.2) is 23.0 Å². The number of carboxylic acid groups (broad SMARTS) is 1. The summed E-state index contributed by atoms with van der Waals surface area (Å²) < 4.78 is 12.8. The van der Waals surface area contributed by atoms with E-state index in [0.717, 1.165) is 11.1 Å². The Morgan fingerprint density at radius 2 is 1.75 bits per heavy atom. The molecule has 0 aliphatic rings. The van der Waals surface area contributed by atoms with Crippen LogP contribution in [0.2, 0.25) is 0 Å². The molecule has 0 unspecified atom stereocenters. The molecule has 0 spiro atoms. The Labute approximate surface area is 117 Å². The van der Waals surface area contributed by atoms with Crippen molar-refractivity contribution in [3.8, 4) is 0 Å². The molecule has 0 aromatic heterocycles. The van der Waals surface area contributed by atoms with Crippen molar-refractivity contribution in [2.75, 3.05) is 7.05 Å². The zero-order valence-corrected chi connectivity index (χ0v) is 11.2. The van der Waals surface area contributed by atoms with Gasteiger partial charge in [-0.05, 0) is 36.4 Å². The Bertz CT molecular complexity index is 596. The fourth-order valence-corrected chi connectivity index (χ4v) is 2.12. The summed E-state index contributed by atoms with van der Waals surface area (Å²) in [6.07, 6.45) is 0. The first kappa shape index (κ1) is 14.2. The minimum Gasteiger partial charge on any atom is -0.478 e. The number of benzene rings is 2. The van der Waals surface area contributed by atoms with Gasteiger partial charge in [0, 0.05) is 13.1 Å². The summed E-state index contributed by atoms with van der Waals surface area (Å²) in [5.41, 5.74) is 2.07. The average Bonchev–Trinajstić information content (AvgIpc) is 2.41. The first-order valence-electron chi connectivity index (χ1n) is 6.30. The highest BCUT2D eigenvalue weighted by Gasteiger charge is 2.11. The van der Waals surface area contributed by atoms with Crippen LogP contribution in [0.3, 0.4) is 0 Å². The quantitative estimate of drug-likeness (QED) is 0.909. The second kappa shape index (κ2) is 6.30. The summed E-state index contributed by atoms with van der Waals surface area (Å²) in [7, 11) is 1.90. The third-order valence-corrected chi connectivity index (χ3v) is 3.05. The molecule has 2 rings (SSSR count). The Morgan fingerprint density at radius 3 is 2.40 bits per heavy atom. The highest BCUT2D eigenvalue weighted by atomic mass is 19.1. The second-order valence-electron chi connectivity index (χ2n) is 4.76. The average molecular weight is 273 g/mol. The standard InChI is InChI=1S/C16H16FNO2/c1-18(10-12-6-8-14(17)9-7-12)11-13-4-2-3-5-15(13)16(19)20/h2-9H,10-11H2,1H3,(H,19,20). The van der Waals surface area contributed by atoms with Crippen molar-refractivity contribution in [3.63, 3.8) is 0 Å². The Hall–Kier alpha value is -2.20. The fourth-order valence-electron chi connectivity index (χ4n) is 2.12. The van der Waals surface area contributed by atoms with E-state index >= 15 is 0 Å². The Morgan fingerprint density at radius 1 is 1.10 bits per heavy atom. The number of nitrogens with zero attached hydrogens (tertiary/aromatic N) is 1. The summed E-state index contributed by atoms with van der Waals surface area (Å²) >= 11 is 0. The predicted molar refractivity (Wildman–Crippen MR) is 75.0 cm³/mol. The van der Waals surface area contributed by atoms with Gasteiger partial charge in [-0.2, -0.15) is 0 Å². The molecular weight excluding hydrogens is 257 g/mol. The largest absolute Gasteiger partial charge is 0.478 e. The molecule has 0 aliphatic heterocycles. The molecule has 20 heavy (non-hydrogen) atoms. The van der Waals surface area contributed by atoms with Gasteiger partial charge in [0.25, 0.3) is 0 Å². The molecule has 0 aliphatic carbocycles. The molecule has 104 valence electrons. The van der Waals surface area contributed by atoms with E-state index in [4.69, 9.17) is 5.11 Å². The molecule has 0 saturated carbocycles. The lowest BCUT2D eigenvalue weighted by molar-refractivity contribution is 0.0694. The van der Waals surface area contributed by atoms with Crippen LogP contribution in [-0.2, 0) is 13.1 Å². The van der Waals surface area contributed by atoms with Crippen molar-refractivity contribution in [3.05, 3.63) is 71.0 Å². The van der Waals surface area contributed by atoms with E-state index in [1.165, 1.54) is 12.1 Å². The Kier molecular flexibility index (Phi) is 4.48. The normalized spacial score (nSPS) is 10.8. The third-order valence-electron chi connectivity index (χ3n) is 3.05. The van der Waals surface area contributed by atoms with Gasteiger partial charge in [0.1, 0.15) is 5.82 Å². The molecule has 0 heterocycles. The first-order valence-corrected chi connectivity index (χ1v) is 6.30. The number of carbonyl (C=O) groups is 1. The van der Waals surface area contributed by atoms with Gasteiger partial charge < -0.3 is 5.11 Å². The van der Waals surface area contributed by atoms with Crippen LogP contribution in [0.5, 0.6) is 0 Å². The van der Waals surface area contributed by atoms with Crippen LogP contribution < -0.4 is 0 Å². The maximum absolute atomic E-state index is 12.8. The van der Waals surface area contributed by atoms with Crippen molar-refractivity contribution in [2.45, 2.75) is 13.1 Å². The summed E-state index contributed by atoms with van der Waals surface area (Å²) in [6, 6.07) is 13.3. The summed E-state index contributed by atoms with van der Waals surface area (Å²) in [5.74, 6) is -1.18. The van der Waals surface area contributed by atoms with E-state index in [1.54, 1.807) is 24.3 Å². The lowest BCUT2D eigenvalue weighted by Gasteiger charge is -2.18. The smallest absolute Gasteiger partial charge is 0.336 e. The SMILES string of the molecule is CN(Cc1ccc(F)cc1)Cc1ccccc1C(=O)O. The van der Waals surface area contributed by atoms with Gasteiger partial charge in [0.05, 0.1) is 5.56 Å². The lowest BCUT2D eigenvalue weighted by Crippen LogP contribution is -2.19. The monoisotopic (exact) mass is 273 g/mol. The molecule has 0 amide bonds. The minimum absolute atomic E-state index is 0.257. The van der Waals surface area contributed by atoms with Gasteiger partial charge in [-0.1, -0.05) is 30.3 Å². The van der Waals surface area contributed by atoms with Crippen molar-refractivity contribution in [1.29, 1.82) is 0 Å². The van der Waals surface area contributed by atoms with Crippen LogP contribution in [0.25, 0.3) is 0 Å². The van der Waals surface area contributed by atoms with E-state index in [-0.39, 0.29) is 5.82 Å². The number of hydrogen-bond acceptors (Lipinski definition) is 2. The molecule has 0 saturated heterocycles. The third kappa shape index (κ3) is 3.65.